The third-order valence-corrected chi connectivity index (χ3v) is 4.39. The first-order valence-corrected chi connectivity index (χ1v) is 9.03. The number of carbonyl (C=O) groups is 1. The van der Waals surface area contributed by atoms with Crippen LogP contribution in [0.15, 0.2) is 36.5 Å². The molecule has 1 aromatic carbocycles. The van der Waals surface area contributed by atoms with Gasteiger partial charge in [0.25, 0.3) is 0 Å². The van der Waals surface area contributed by atoms with E-state index in [1.165, 1.54) is 4.90 Å². The maximum atomic E-state index is 12.2. The Morgan fingerprint density at radius 2 is 2.00 bits per heavy atom. The number of pyridine rings is 1. The molecule has 6 nitrogen and oxygen atoms in total. The van der Waals surface area contributed by atoms with E-state index in [0.29, 0.717) is 11.6 Å². The number of ether oxygens (including phenoxy) is 1. The van der Waals surface area contributed by atoms with Gasteiger partial charge >= 0.3 is 6.09 Å². The molecule has 27 heavy (non-hydrogen) atoms. The van der Waals surface area contributed by atoms with E-state index in [-0.39, 0.29) is 6.09 Å². The lowest BCUT2D eigenvalue weighted by Crippen LogP contribution is -2.34. The fourth-order valence-electron chi connectivity index (χ4n) is 2.71. The number of nitrogens with zero attached hydrogens (tertiary/aromatic N) is 4. The number of aromatic nitrogens is 3. The lowest BCUT2D eigenvalue weighted by Gasteiger charge is -2.24. The smallest absolute Gasteiger partial charge is 0.410 e. The summed E-state index contributed by atoms with van der Waals surface area (Å²) in [6.07, 6.45) is 1.32. The van der Waals surface area contributed by atoms with Gasteiger partial charge in [0.1, 0.15) is 5.60 Å². The lowest BCUT2D eigenvalue weighted by atomic mass is 10.1. The molecule has 0 saturated heterocycles. The van der Waals surface area contributed by atoms with Gasteiger partial charge in [-0.15, -0.1) is 0 Å². The standard InChI is InChI=1S/C20H23ClN4O2/c1-20(2,3)27-19(26)24(4)12-14-11-18(23-25(14)5)13-6-7-17-15(10-13)16(21)8-9-22-17/h6-11H,12H2,1-5H3. The molecule has 0 radical (unpaired) electrons. The van der Waals surface area contributed by atoms with Crippen molar-refractivity contribution in [2.24, 2.45) is 7.05 Å². The molecule has 0 spiro atoms. The number of halogens is 1. The second-order valence-electron chi connectivity index (χ2n) is 7.51. The SMILES string of the molecule is CN(Cc1cc(-c2ccc3nccc(Cl)c3c2)nn1C)C(=O)OC(C)(C)C. The molecule has 0 atom stereocenters. The molecule has 0 unspecified atom stereocenters. The summed E-state index contributed by atoms with van der Waals surface area (Å²) >= 11 is 6.29. The van der Waals surface area contributed by atoms with Gasteiger partial charge in [-0.25, -0.2) is 4.79 Å². The molecular weight excluding hydrogens is 364 g/mol. The molecule has 1 amide bonds. The molecule has 142 valence electrons. The van der Waals surface area contributed by atoms with Crippen LogP contribution in [0.3, 0.4) is 0 Å². The van der Waals surface area contributed by atoms with Crippen molar-refractivity contribution in [2.75, 3.05) is 7.05 Å². The van der Waals surface area contributed by atoms with Gasteiger partial charge in [-0.3, -0.25) is 9.67 Å². The molecule has 0 fully saturated rings. The molecule has 2 heterocycles. The van der Waals surface area contributed by atoms with E-state index in [9.17, 15) is 4.79 Å². The number of carbonyl (C=O) groups excluding carboxylic acids is 1. The highest BCUT2D eigenvalue weighted by atomic mass is 35.5. The van der Waals surface area contributed by atoms with E-state index in [1.54, 1.807) is 24.0 Å². The van der Waals surface area contributed by atoms with Gasteiger partial charge in [0, 0.05) is 31.2 Å². The Hall–Kier alpha value is -2.60. The molecule has 0 saturated carbocycles. The molecule has 0 aliphatic rings. The number of fused-ring (bicyclic) bond motifs is 1. The third-order valence-electron chi connectivity index (χ3n) is 4.07. The van der Waals surface area contributed by atoms with Crippen LogP contribution in [0.4, 0.5) is 4.79 Å². The number of hydrogen-bond donors (Lipinski definition) is 0. The fourth-order valence-corrected chi connectivity index (χ4v) is 2.92. The molecular formula is C20H23ClN4O2. The van der Waals surface area contributed by atoms with Crippen molar-refractivity contribution < 1.29 is 9.53 Å². The Morgan fingerprint density at radius 1 is 1.26 bits per heavy atom. The minimum absolute atomic E-state index is 0.367. The summed E-state index contributed by atoms with van der Waals surface area (Å²) in [5.41, 5.74) is 2.97. The molecule has 3 rings (SSSR count). The van der Waals surface area contributed by atoms with Gasteiger partial charge < -0.3 is 9.64 Å². The summed E-state index contributed by atoms with van der Waals surface area (Å²) in [6, 6.07) is 9.61. The summed E-state index contributed by atoms with van der Waals surface area (Å²) in [6.45, 7) is 5.94. The highest BCUT2D eigenvalue weighted by molar-refractivity contribution is 6.35. The van der Waals surface area contributed by atoms with E-state index in [2.05, 4.69) is 10.1 Å². The zero-order chi connectivity index (χ0) is 19.8. The molecule has 0 aliphatic carbocycles. The van der Waals surface area contributed by atoms with Crippen LogP contribution in [0.25, 0.3) is 22.2 Å². The van der Waals surface area contributed by atoms with Crippen LogP contribution in [0.2, 0.25) is 5.02 Å². The molecule has 0 bridgehead atoms. The van der Waals surface area contributed by atoms with Crippen LogP contribution in [0.1, 0.15) is 26.5 Å². The predicted molar refractivity (Wildman–Crippen MR) is 107 cm³/mol. The average molecular weight is 387 g/mol. The Labute approximate surface area is 163 Å². The summed E-state index contributed by atoms with van der Waals surface area (Å²) in [5.74, 6) is 0. The second kappa shape index (κ2) is 7.19. The number of benzene rings is 1. The van der Waals surface area contributed by atoms with Gasteiger partial charge in [0.2, 0.25) is 0 Å². The number of hydrogen-bond acceptors (Lipinski definition) is 4. The van der Waals surface area contributed by atoms with Gasteiger partial charge in [0.05, 0.1) is 28.5 Å². The second-order valence-corrected chi connectivity index (χ2v) is 7.91. The van der Waals surface area contributed by atoms with E-state index in [1.807, 2.05) is 52.1 Å². The third kappa shape index (κ3) is 4.39. The summed E-state index contributed by atoms with van der Waals surface area (Å²) in [5, 5.41) is 6.12. The first-order chi connectivity index (χ1) is 12.6. The monoisotopic (exact) mass is 386 g/mol. The zero-order valence-electron chi connectivity index (χ0n) is 16.2. The van der Waals surface area contributed by atoms with E-state index in [4.69, 9.17) is 16.3 Å². The maximum absolute atomic E-state index is 12.2. The van der Waals surface area contributed by atoms with Crippen molar-refractivity contribution in [3.05, 3.63) is 47.2 Å². The first kappa shape index (κ1) is 19.2. The Balaban J connectivity index is 1.84. The minimum atomic E-state index is -0.526. The predicted octanol–water partition coefficient (Wildman–Crippen LogP) is 4.66. The van der Waals surface area contributed by atoms with Crippen molar-refractivity contribution in [3.63, 3.8) is 0 Å². The number of aryl methyl sites for hydroxylation is 1. The molecule has 0 aliphatic heterocycles. The number of rotatable bonds is 3. The van der Waals surface area contributed by atoms with Crippen LogP contribution >= 0.6 is 11.6 Å². The zero-order valence-corrected chi connectivity index (χ0v) is 16.9. The van der Waals surface area contributed by atoms with Gasteiger partial charge in [-0.05, 0) is 45.0 Å². The number of amides is 1. The van der Waals surface area contributed by atoms with Crippen LogP contribution in [0, 0.1) is 0 Å². The summed E-state index contributed by atoms with van der Waals surface area (Å²) in [7, 11) is 3.57. The van der Waals surface area contributed by atoms with Gasteiger partial charge in [0.15, 0.2) is 0 Å². The van der Waals surface area contributed by atoms with E-state index < -0.39 is 5.60 Å². The Kier molecular flexibility index (Phi) is 5.11. The van der Waals surface area contributed by atoms with Gasteiger partial charge in [-0.2, -0.15) is 5.10 Å². The largest absolute Gasteiger partial charge is 0.444 e. The van der Waals surface area contributed by atoms with Crippen molar-refractivity contribution in [3.8, 4) is 11.3 Å². The summed E-state index contributed by atoms with van der Waals surface area (Å²) in [4.78, 5) is 18.0. The van der Waals surface area contributed by atoms with E-state index >= 15 is 0 Å². The van der Waals surface area contributed by atoms with Crippen molar-refractivity contribution in [1.29, 1.82) is 0 Å². The normalized spacial score (nSPS) is 11.6. The Bertz CT molecular complexity index is 991. The quantitative estimate of drug-likeness (QED) is 0.657. The van der Waals surface area contributed by atoms with Crippen LogP contribution in [-0.2, 0) is 18.3 Å². The highest BCUT2D eigenvalue weighted by Gasteiger charge is 2.21. The lowest BCUT2D eigenvalue weighted by molar-refractivity contribution is 0.0281. The van der Waals surface area contributed by atoms with Crippen LogP contribution < -0.4 is 0 Å². The van der Waals surface area contributed by atoms with Crippen molar-refractivity contribution in [2.45, 2.75) is 32.9 Å². The van der Waals surface area contributed by atoms with Crippen LogP contribution in [0.5, 0.6) is 0 Å². The fraction of sp³-hybridized carbons (Fsp3) is 0.350. The van der Waals surface area contributed by atoms with Crippen LogP contribution in [-0.4, -0.2) is 38.4 Å². The minimum Gasteiger partial charge on any atom is -0.444 e. The molecule has 0 N–H and O–H groups in total. The first-order valence-electron chi connectivity index (χ1n) is 8.66. The van der Waals surface area contributed by atoms with E-state index in [0.717, 1.165) is 27.9 Å². The van der Waals surface area contributed by atoms with Crippen molar-refractivity contribution >= 4 is 28.6 Å². The Morgan fingerprint density at radius 3 is 2.70 bits per heavy atom. The molecule has 2 aromatic heterocycles. The molecule has 7 heteroatoms. The molecule has 3 aromatic rings. The van der Waals surface area contributed by atoms with Gasteiger partial charge in [-0.1, -0.05) is 17.7 Å². The summed E-state index contributed by atoms with van der Waals surface area (Å²) < 4.78 is 7.17. The highest BCUT2D eigenvalue weighted by Crippen LogP contribution is 2.27. The maximum Gasteiger partial charge on any atom is 0.410 e. The van der Waals surface area contributed by atoms with Crippen molar-refractivity contribution in [1.82, 2.24) is 19.7 Å². The topological polar surface area (TPSA) is 60.2 Å². The average Bonchev–Trinajstić information content (AvgIpc) is 2.94.